The van der Waals surface area contributed by atoms with Crippen molar-refractivity contribution >= 4 is 22.6 Å². The summed E-state index contributed by atoms with van der Waals surface area (Å²) < 4.78 is 12.2. The quantitative estimate of drug-likeness (QED) is 0.486. The molecule has 0 aliphatic rings. The number of aryl methyl sites for hydroxylation is 4. The molecule has 0 aliphatic heterocycles. The Kier molecular flexibility index (Phi) is 5.57. The van der Waals surface area contributed by atoms with Crippen molar-refractivity contribution in [3.8, 4) is 17.3 Å². The average Bonchev–Trinajstić information content (AvgIpc) is 3.13. The zero-order valence-corrected chi connectivity index (χ0v) is 19.1. The number of ether oxygens (including phenoxy) is 2. The van der Waals surface area contributed by atoms with Crippen molar-refractivity contribution in [2.24, 2.45) is 0 Å². The maximum Gasteiger partial charge on any atom is 0.256 e. The number of aromatic nitrogens is 3. The molecule has 32 heavy (non-hydrogen) atoms. The smallest absolute Gasteiger partial charge is 0.256 e. The fourth-order valence-electron chi connectivity index (χ4n) is 3.86. The predicted octanol–water partition coefficient (Wildman–Crippen LogP) is 4.92. The van der Waals surface area contributed by atoms with Gasteiger partial charge in [-0.3, -0.25) is 4.79 Å². The third-order valence-corrected chi connectivity index (χ3v) is 5.38. The molecule has 0 saturated carbocycles. The number of anilines is 1. The summed E-state index contributed by atoms with van der Waals surface area (Å²) in [6.45, 7) is 8.08. The molecule has 0 unspecified atom stereocenters. The van der Waals surface area contributed by atoms with Crippen LogP contribution in [0.25, 0.3) is 16.7 Å². The van der Waals surface area contributed by atoms with E-state index in [1.165, 1.54) is 12.7 Å². The first-order chi connectivity index (χ1) is 15.3. The fraction of sp³-hybridized carbons (Fsp3) is 0.240. The minimum atomic E-state index is -0.281. The molecule has 0 aliphatic carbocycles. The summed E-state index contributed by atoms with van der Waals surface area (Å²) >= 11 is 0. The minimum absolute atomic E-state index is 0.281. The van der Waals surface area contributed by atoms with Gasteiger partial charge in [0.25, 0.3) is 5.91 Å². The summed E-state index contributed by atoms with van der Waals surface area (Å²) in [7, 11) is 3.09. The van der Waals surface area contributed by atoms with E-state index in [9.17, 15) is 4.79 Å². The monoisotopic (exact) mass is 430 g/mol. The first kappa shape index (κ1) is 21.4. The highest BCUT2D eigenvalue weighted by molar-refractivity contribution is 6.04. The zero-order valence-electron chi connectivity index (χ0n) is 19.1. The summed E-state index contributed by atoms with van der Waals surface area (Å²) in [5.74, 6) is 1.96. The van der Waals surface area contributed by atoms with E-state index in [1.54, 1.807) is 30.0 Å². The Hall–Kier alpha value is -3.87. The van der Waals surface area contributed by atoms with Crippen molar-refractivity contribution in [2.45, 2.75) is 27.7 Å². The van der Waals surface area contributed by atoms with Crippen molar-refractivity contribution in [2.75, 3.05) is 19.5 Å². The molecule has 164 valence electrons. The van der Waals surface area contributed by atoms with E-state index >= 15 is 0 Å². The van der Waals surface area contributed by atoms with Crippen LogP contribution in [0.4, 0.5) is 5.82 Å². The van der Waals surface area contributed by atoms with Crippen LogP contribution < -0.4 is 14.8 Å². The maximum atomic E-state index is 13.0. The van der Waals surface area contributed by atoms with E-state index in [4.69, 9.17) is 14.5 Å². The summed E-state index contributed by atoms with van der Waals surface area (Å²) in [5.41, 5.74) is 5.54. The van der Waals surface area contributed by atoms with Gasteiger partial charge in [-0.1, -0.05) is 11.6 Å². The normalized spacial score (nSPS) is 10.9. The van der Waals surface area contributed by atoms with Gasteiger partial charge in [0.2, 0.25) is 0 Å². The van der Waals surface area contributed by atoms with E-state index in [1.807, 2.05) is 19.1 Å². The Bertz CT molecular complexity index is 1340. The van der Waals surface area contributed by atoms with E-state index in [-0.39, 0.29) is 5.91 Å². The molecule has 2 heterocycles. The second-order valence-corrected chi connectivity index (χ2v) is 7.88. The number of nitrogens with zero attached hydrogens (tertiary/aromatic N) is 3. The van der Waals surface area contributed by atoms with Crippen LogP contribution in [0.1, 0.15) is 32.7 Å². The number of hydrogen-bond donors (Lipinski definition) is 1. The van der Waals surface area contributed by atoms with Gasteiger partial charge in [0.1, 0.15) is 5.82 Å². The first-order valence-electron chi connectivity index (χ1n) is 10.3. The molecule has 4 rings (SSSR count). The van der Waals surface area contributed by atoms with Gasteiger partial charge in [-0.15, -0.1) is 0 Å². The fourth-order valence-corrected chi connectivity index (χ4v) is 3.86. The van der Waals surface area contributed by atoms with Gasteiger partial charge < -0.3 is 14.8 Å². The van der Waals surface area contributed by atoms with Crippen LogP contribution in [0.15, 0.2) is 42.5 Å². The van der Waals surface area contributed by atoms with E-state index < -0.39 is 0 Å². The average molecular weight is 431 g/mol. The van der Waals surface area contributed by atoms with Gasteiger partial charge in [0.15, 0.2) is 17.3 Å². The lowest BCUT2D eigenvalue weighted by Gasteiger charge is -2.13. The van der Waals surface area contributed by atoms with Gasteiger partial charge >= 0.3 is 0 Å². The maximum absolute atomic E-state index is 13.0. The van der Waals surface area contributed by atoms with E-state index in [2.05, 4.69) is 43.3 Å². The number of hydrogen-bond acceptors (Lipinski definition) is 5. The molecule has 0 spiro atoms. The molecule has 1 amide bonds. The minimum Gasteiger partial charge on any atom is -0.493 e. The van der Waals surface area contributed by atoms with Gasteiger partial charge in [-0.05, 0) is 69.2 Å². The second-order valence-electron chi connectivity index (χ2n) is 7.88. The van der Waals surface area contributed by atoms with Crippen molar-refractivity contribution < 1.29 is 14.3 Å². The third-order valence-electron chi connectivity index (χ3n) is 5.38. The highest BCUT2D eigenvalue weighted by atomic mass is 16.5. The van der Waals surface area contributed by atoms with E-state index in [0.717, 1.165) is 27.7 Å². The molecular weight excluding hydrogens is 404 g/mol. The van der Waals surface area contributed by atoms with Crippen LogP contribution in [-0.4, -0.2) is 34.9 Å². The molecule has 4 aromatic rings. The van der Waals surface area contributed by atoms with Crippen LogP contribution in [0.3, 0.4) is 0 Å². The molecule has 2 aromatic carbocycles. The Morgan fingerprint density at radius 2 is 1.66 bits per heavy atom. The number of benzene rings is 2. The number of rotatable bonds is 5. The van der Waals surface area contributed by atoms with Crippen LogP contribution in [0.2, 0.25) is 0 Å². The van der Waals surface area contributed by atoms with Crippen LogP contribution in [0.5, 0.6) is 11.5 Å². The summed E-state index contributed by atoms with van der Waals surface area (Å²) in [5, 5.41) is 8.65. The summed E-state index contributed by atoms with van der Waals surface area (Å²) in [4.78, 5) is 17.8. The van der Waals surface area contributed by atoms with Crippen LogP contribution in [-0.2, 0) is 0 Å². The number of amides is 1. The molecule has 7 heteroatoms. The molecule has 0 fully saturated rings. The molecule has 0 atom stereocenters. The molecule has 0 saturated heterocycles. The van der Waals surface area contributed by atoms with Crippen molar-refractivity contribution in [1.29, 1.82) is 0 Å². The molecule has 2 aromatic heterocycles. The van der Waals surface area contributed by atoms with Crippen molar-refractivity contribution in [1.82, 2.24) is 14.8 Å². The van der Waals surface area contributed by atoms with Gasteiger partial charge in [0.05, 0.1) is 25.4 Å². The van der Waals surface area contributed by atoms with Crippen LogP contribution >= 0.6 is 0 Å². The van der Waals surface area contributed by atoms with Gasteiger partial charge in [-0.25, -0.2) is 4.98 Å². The molecule has 1 N–H and O–H groups in total. The highest BCUT2D eigenvalue weighted by Gasteiger charge is 2.16. The lowest BCUT2D eigenvalue weighted by Crippen LogP contribution is -2.16. The number of pyridine rings is 1. The Morgan fingerprint density at radius 3 is 2.38 bits per heavy atom. The van der Waals surface area contributed by atoms with E-state index in [0.29, 0.717) is 28.7 Å². The number of nitrogens with one attached hydrogen (secondary N) is 1. The van der Waals surface area contributed by atoms with Gasteiger partial charge in [-0.2, -0.15) is 9.78 Å². The standard InChI is InChI=1S/C25H26N4O3/c1-14-9-16(3)24-19(10-14)15(2)11-22(26-24)29-23(12-17(4)28-29)27-25(30)18-7-8-20(31-5)21(13-18)32-6/h7-13H,1-6H3,(H,27,30). The Balaban J connectivity index is 1.73. The lowest BCUT2D eigenvalue weighted by molar-refractivity contribution is 0.102. The Labute approximate surface area is 187 Å². The Morgan fingerprint density at radius 1 is 0.906 bits per heavy atom. The highest BCUT2D eigenvalue weighted by Crippen LogP contribution is 2.29. The summed E-state index contributed by atoms with van der Waals surface area (Å²) in [6, 6.07) is 13.1. The van der Waals surface area contributed by atoms with Gasteiger partial charge in [0, 0.05) is 17.0 Å². The topological polar surface area (TPSA) is 78.3 Å². The number of methoxy groups -OCH3 is 2. The van der Waals surface area contributed by atoms with Crippen molar-refractivity contribution in [3.63, 3.8) is 0 Å². The largest absolute Gasteiger partial charge is 0.493 e. The number of carbonyl (C=O) groups is 1. The predicted molar refractivity (Wildman–Crippen MR) is 125 cm³/mol. The molecule has 0 bridgehead atoms. The second kappa shape index (κ2) is 8.34. The summed E-state index contributed by atoms with van der Waals surface area (Å²) in [6.07, 6.45) is 0. The first-order valence-corrected chi connectivity index (χ1v) is 10.3. The third kappa shape index (κ3) is 3.89. The zero-order chi connectivity index (χ0) is 23.0. The number of carbonyl (C=O) groups excluding carboxylic acids is 1. The molecule has 7 nitrogen and oxygen atoms in total. The van der Waals surface area contributed by atoms with Crippen LogP contribution in [0, 0.1) is 27.7 Å². The van der Waals surface area contributed by atoms with Crippen molar-refractivity contribution in [3.05, 3.63) is 70.4 Å². The molecule has 0 radical (unpaired) electrons. The lowest BCUT2D eigenvalue weighted by atomic mass is 10.0. The number of fused-ring (bicyclic) bond motifs is 1. The SMILES string of the molecule is COc1ccc(C(=O)Nc2cc(C)nn2-c2cc(C)c3cc(C)cc(C)c3n2)cc1OC. The molecular formula is C25H26N4O3.